The summed E-state index contributed by atoms with van der Waals surface area (Å²) in [5.41, 5.74) is 2.67. The first kappa shape index (κ1) is 11.8. The van der Waals surface area contributed by atoms with E-state index in [2.05, 4.69) is 40.3 Å². The van der Waals surface area contributed by atoms with Gasteiger partial charge in [-0.3, -0.25) is 0 Å². The number of nitrogens with one attached hydrogen (secondary N) is 1. The van der Waals surface area contributed by atoms with E-state index in [9.17, 15) is 0 Å². The molecule has 0 spiro atoms. The van der Waals surface area contributed by atoms with E-state index < -0.39 is 0 Å². The van der Waals surface area contributed by atoms with Gasteiger partial charge in [0.1, 0.15) is 6.73 Å². The molecular weight excluding hydrogens is 224 g/mol. The SMILES string of the molecule is CCOCn1ccc2cccc(CNC3CC3)c21. The van der Waals surface area contributed by atoms with Gasteiger partial charge in [0.25, 0.3) is 0 Å². The maximum Gasteiger partial charge on any atom is 0.122 e. The fourth-order valence-corrected chi connectivity index (χ4v) is 2.32. The highest BCUT2D eigenvalue weighted by Gasteiger charge is 2.20. The largest absolute Gasteiger partial charge is 0.361 e. The Labute approximate surface area is 108 Å². The Kier molecular flexibility index (Phi) is 3.35. The third kappa shape index (κ3) is 2.42. The smallest absolute Gasteiger partial charge is 0.122 e. The fraction of sp³-hybridized carbons (Fsp3) is 0.467. The van der Waals surface area contributed by atoms with E-state index in [0.29, 0.717) is 6.73 Å². The third-order valence-electron chi connectivity index (χ3n) is 3.47. The maximum absolute atomic E-state index is 5.52. The number of ether oxygens (including phenoxy) is 1. The second-order valence-corrected chi connectivity index (χ2v) is 4.92. The summed E-state index contributed by atoms with van der Waals surface area (Å²) < 4.78 is 7.72. The topological polar surface area (TPSA) is 26.2 Å². The zero-order valence-corrected chi connectivity index (χ0v) is 10.9. The molecule has 0 unspecified atom stereocenters. The maximum atomic E-state index is 5.52. The van der Waals surface area contributed by atoms with Crippen molar-refractivity contribution in [3.63, 3.8) is 0 Å². The van der Waals surface area contributed by atoms with Gasteiger partial charge in [0.15, 0.2) is 0 Å². The molecule has 1 aromatic carbocycles. The van der Waals surface area contributed by atoms with Crippen molar-refractivity contribution in [3.8, 4) is 0 Å². The van der Waals surface area contributed by atoms with Gasteiger partial charge in [-0.25, -0.2) is 0 Å². The van der Waals surface area contributed by atoms with Crippen LogP contribution in [0, 0.1) is 0 Å². The second-order valence-electron chi connectivity index (χ2n) is 4.92. The highest BCUT2D eigenvalue weighted by molar-refractivity contribution is 5.83. The summed E-state index contributed by atoms with van der Waals surface area (Å²) in [5, 5.41) is 4.88. The predicted molar refractivity (Wildman–Crippen MR) is 73.4 cm³/mol. The van der Waals surface area contributed by atoms with Gasteiger partial charge in [-0.2, -0.15) is 0 Å². The third-order valence-corrected chi connectivity index (χ3v) is 3.47. The molecule has 1 aliphatic rings. The molecule has 96 valence electrons. The molecule has 3 nitrogen and oxygen atoms in total. The number of para-hydroxylation sites is 1. The summed E-state index contributed by atoms with van der Waals surface area (Å²) in [6.07, 6.45) is 4.77. The van der Waals surface area contributed by atoms with Crippen molar-refractivity contribution in [2.24, 2.45) is 0 Å². The van der Waals surface area contributed by atoms with Crippen molar-refractivity contribution in [1.82, 2.24) is 9.88 Å². The Balaban J connectivity index is 1.87. The first-order chi connectivity index (χ1) is 8.88. The van der Waals surface area contributed by atoms with Gasteiger partial charge in [0.05, 0.1) is 5.52 Å². The Morgan fingerprint density at radius 3 is 3.00 bits per heavy atom. The standard InChI is InChI=1S/C15H20N2O/c1-2-18-11-17-9-8-12-4-3-5-13(15(12)17)10-16-14-6-7-14/h3-5,8-9,14,16H,2,6-7,10-11H2,1H3. The van der Waals surface area contributed by atoms with Gasteiger partial charge >= 0.3 is 0 Å². The highest BCUT2D eigenvalue weighted by atomic mass is 16.5. The van der Waals surface area contributed by atoms with Crippen molar-refractivity contribution < 1.29 is 4.74 Å². The lowest BCUT2D eigenvalue weighted by Gasteiger charge is -2.10. The van der Waals surface area contributed by atoms with E-state index in [0.717, 1.165) is 19.2 Å². The Hall–Kier alpha value is -1.32. The van der Waals surface area contributed by atoms with E-state index in [1.807, 2.05) is 6.92 Å². The molecule has 3 rings (SSSR count). The summed E-state index contributed by atoms with van der Waals surface area (Å²) in [6, 6.07) is 9.42. The zero-order valence-electron chi connectivity index (χ0n) is 10.9. The van der Waals surface area contributed by atoms with Crippen LogP contribution in [-0.2, 0) is 18.0 Å². The molecule has 0 saturated heterocycles. The van der Waals surface area contributed by atoms with Crippen LogP contribution in [0.3, 0.4) is 0 Å². The number of hydrogen-bond acceptors (Lipinski definition) is 2. The van der Waals surface area contributed by atoms with E-state index in [1.54, 1.807) is 0 Å². The van der Waals surface area contributed by atoms with Crippen LogP contribution in [0.1, 0.15) is 25.3 Å². The molecule has 0 radical (unpaired) electrons. The van der Waals surface area contributed by atoms with E-state index in [1.165, 1.54) is 29.3 Å². The average molecular weight is 244 g/mol. The molecule has 1 fully saturated rings. The predicted octanol–water partition coefficient (Wildman–Crippen LogP) is 2.89. The van der Waals surface area contributed by atoms with Crippen molar-refractivity contribution in [3.05, 3.63) is 36.0 Å². The van der Waals surface area contributed by atoms with Crippen LogP contribution in [0.2, 0.25) is 0 Å². The second kappa shape index (κ2) is 5.12. The van der Waals surface area contributed by atoms with Gasteiger partial charge in [0, 0.05) is 25.4 Å². The van der Waals surface area contributed by atoms with Crippen molar-refractivity contribution in [2.75, 3.05) is 6.61 Å². The lowest BCUT2D eigenvalue weighted by molar-refractivity contribution is 0.0908. The Morgan fingerprint density at radius 2 is 2.22 bits per heavy atom. The molecule has 18 heavy (non-hydrogen) atoms. The van der Waals surface area contributed by atoms with Crippen molar-refractivity contribution in [2.45, 2.75) is 39.1 Å². The number of rotatable bonds is 6. The minimum Gasteiger partial charge on any atom is -0.361 e. The first-order valence-electron chi connectivity index (χ1n) is 6.76. The molecule has 0 atom stereocenters. The Morgan fingerprint density at radius 1 is 1.33 bits per heavy atom. The molecule has 1 heterocycles. The van der Waals surface area contributed by atoms with Crippen molar-refractivity contribution >= 4 is 10.9 Å². The number of aromatic nitrogens is 1. The fourth-order valence-electron chi connectivity index (χ4n) is 2.32. The average Bonchev–Trinajstić information content (AvgIpc) is 3.13. The number of nitrogens with zero attached hydrogens (tertiary/aromatic N) is 1. The molecule has 1 aromatic heterocycles. The van der Waals surface area contributed by atoms with E-state index >= 15 is 0 Å². The monoisotopic (exact) mass is 244 g/mol. The van der Waals surface area contributed by atoms with Crippen LogP contribution in [0.25, 0.3) is 10.9 Å². The zero-order chi connectivity index (χ0) is 12.4. The van der Waals surface area contributed by atoms with Gasteiger partial charge in [-0.05, 0) is 36.8 Å². The van der Waals surface area contributed by atoms with Crippen LogP contribution in [0.4, 0.5) is 0 Å². The summed E-state index contributed by atoms with van der Waals surface area (Å²) >= 11 is 0. The molecular formula is C15H20N2O. The molecule has 1 aliphatic carbocycles. The van der Waals surface area contributed by atoms with Gasteiger partial charge < -0.3 is 14.6 Å². The summed E-state index contributed by atoms with van der Waals surface area (Å²) in [5.74, 6) is 0. The summed E-state index contributed by atoms with van der Waals surface area (Å²) in [7, 11) is 0. The van der Waals surface area contributed by atoms with Crippen LogP contribution in [-0.4, -0.2) is 17.2 Å². The first-order valence-corrected chi connectivity index (χ1v) is 6.76. The molecule has 0 aliphatic heterocycles. The van der Waals surface area contributed by atoms with E-state index in [4.69, 9.17) is 4.74 Å². The van der Waals surface area contributed by atoms with Gasteiger partial charge in [-0.1, -0.05) is 18.2 Å². The molecule has 3 heteroatoms. The van der Waals surface area contributed by atoms with Crippen LogP contribution in [0.15, 0.2) is 30.5 Å². The van der Waals surface area contributed by atoms with Crippen LogP contribution in [0.5, 0.6) is 0 Å². The number of hydrogen-bond donors (Lipinski definition) is 1. The number of benzene rings is 1. The quantitative estimate of drug-likeness (QED) is 0.845. The van der Waals surface area contributed by atoms with Gasteiger partial charge in [0.2, 0.25) is 0 Å². The molecule has 1 N–H and O–H groups in total. The van der Waals surface area contributed by atoms with Crippen LogP contribution < -0.4 is 5.32 Å². The van der Waals surface area contributed by atoms with Crippen molar-refractivity contribution in [1.29, 1.82) is 0 Å². The lowest BCUT2D eigenvalue weighted by atomic mass is 10.1. The minimum absolute atomic E-state index is 0.639. The van der Waals surface area contributed by atoms with Gasteiger partial charge in [-0.15, -0.1) is 0 Å². The minimum atomic E-state index is 0.639. The normalized spacial score (nSPS) is 15.4. The summed E-state index contributed by atoms with van der Waals surface area (Å²) in [6.45, 7) is 4.38. The highest BCUT2D eigenvalue weighted by Crippen LogP contribution is 2.23. The molecule has 2 aromatic rings. The lowest BCUT2D eigenvalue weighted by Crippen LogP contribution is -2.16. The Bertz CT molecular complexity index is 528. The van der Waals surface area contributed by atoms with Crippen LogP contribution >= 0.6 is 0 Å². The molecule has 0 amide bonds. The molecule has 1 saturated carbocycles. The number of fused-ring (bicyclic) bond motifs is 1. The van der Waals surface area contributed by atoms with E-state index in [-0.39, 0.29) is 0 Å². The summed E-state index contributed by atoms with van der Waals surface area (Å²) in [4.78, 5) is 0. The molecule has 0 bridgehead atoms.